The summed E-state index contributed by atoms with van der Waals surface area (Å²) in [5.41, 5.74) is 14.3. The number of oxime groups is 2. The molecule has 0 radical (unpaired) electrons. The molecule has 1 saturated heterocycles. The van der Waals surface area contributed by atoms with Crippen molar-refractivity contribution in [3.63, 3.8) is 0 Å². The third-order valence-corrected chi connectivity index (χ3v) is 8.76. The van der Waals surface area contributed by atoms with Crippen LogP contribution in [0.3, 0.4) is 0 Å². The minimum absolute atomic E-state index is 0.0119. The summed E-state index contributed by atoms with van der Waals surface area (Å²) in [6, 6.07) is 26.0. The zero-order valence-electron chi connectivity index (χ0n) is 26.2. The Labute approximate surface area is 277 Å². The number of hydrogen-bond acceptors (Lipinski definition) is 6. The average molecular weight is 657 g/mol. The number of amides is 2. The fraction of sp³-hybridized carbons (Fsp3) is 0.250. The largest absolute Gasteiger partial charge is 0.409 e. The smallest absolute Gasteiger partial charge is 0.321 e. The second-order valence-electron chi connectivity index (χ2n) is 11.8. The number of rotatable bonds is 12. The van der Waals surface area contributed by atoms with E-state index in [1.165, 1.54) is 36.4 Å². The fourth-order valence-electron chi connectivity index (χ4n) is 6.25. The number of hydrogen-bond donors (Lipinski definition) is 5. The molecule has 4 aromatic rings. The van der Waals surface area contributed by atoms with Crippen LogP contribution in [0, 0.1) is 11.6 Å². The summed E-state index contributed by atoms with van der Waals surface area (Å²) in [6.45, 7) is -0.0238. The topological polar surface area (TPSA) is 161 Å². The lowest BCUT2D eigenvalue weighted by atomic mass is 9.88. The molecule has 0 aromatic heterocycles. The van der Waals surface area contributed by atoms with Gasteiger partial charge in [0.25, 0.3) is 0 Å². The van der Waals surface area contributed by atoms with Crippen LogP contribution in [0.1, 0.15) is 46.2 Å². The minimum Gasteiger partial charge on any atom is -0.409 e. The molecule has 5 rings (SSSR count). The maximum absolute atomic E-state index is 14.6. The van der Waals surface area contributed by atoms with E-state index in [9.17, 15) is 29.1 Å². The van der Waals surface area contributed by atoms with Crippen molar-refractivity contribution in [2.75, 3.05) is 0 Å². The van der Waals surface area contributed by atoms with Gasteiger partial charge in [-0.15, -0.1) is 0 Å². The van der Waals surface area contributed by atoms with Crippen LogP contribution < -0.4 is 11.5 Å². The molecule has 1 fully saturated rings. The normalized spacial score (nSPS) is 18.7. The molecule has 48 heavy (non-hydrogen) atoms. The molecule has 0 unspecified atom stereocenters. The van der Waals surface area contributed by atoms with Gasteiger partial charge in [0.2, 0.25) is 0 Å². The van der Waals surface area contributed by atoms with Crippen molar-refractivity contribution < 1.29 is 29.1 Å². The van der Waals surface area contributed by atoms with Crippen molar-refractivity contribution >= 4 is 17.7 Å². The Hall–Kier alpha value is -5.49. The second kappa shape index (κ2) is 15.4. The SMILES string of the molecule is N/C(=N\O)c1cc(CN2C(=O)N(Cc3ccc(F)c(/C(N)=N/O)c3)[C@H](CCc3ccccc3)C(O)[C@H]2CCc2ccccc2)ccc1F. The van der Waals surface area contributed by atoms with E-state index in [0.717, 1.165) is 11.1 Å². The molecule has 1 aliphatic heterocycles. The molecule has 250 valence electrons. The number of carbonyl (C=O) groups is 1. The van der Waals surface area contributed by atoms with Crippen molar-refractivity contribution in [1.82, 2.24) is 9.80 Å². The summed E-state index contributed by atoms with van der Waals surface area (Å²) in [7, 11) is 0. The zero-order chi connectivity index (χ0) is 34.2. The number of amidine groups is 2. The molecule has 4 aromatic carbocycles. The lowest BCUT2D eigenvalue weighted by Gasteiger charge is -2.49. The lowest BCUT2D eigenvalue weighted by Crippen LogP contribution is -2.65. The minimum atomic E-state index is -1.01. The number of benzene rings is 4. The Kier molecular flexibility index (Phi) is 10.9. The van der Waals surface area contributed by atoms with Crippen LogP contribution >= 0.6 is 0 Å². The van der Waals surface area contributed by atoms with E-state index in [1.807, 2.05) is 60.7 Å². The molecule has 1 aliphatic rings. The van der Waals surface area contributed by atoms with Crippen LogP contribution in [0.15, 0.2) is 107 Å². The van der Waals surface area contributed by atoms with Crippen molar-refractivity contribution in [3.8, 4) is 0 Å². The van der Waals surface area contributed by atoms with Gasteiger partial charge in [0.1, 0.15) is 11.6 Å². The van der Waals surface area contributed by atoms with Crippen LogP contribution in [0.4, 0.5) is 13.6 Å². The molecule has 1 heterocycles. The van der Waals surface area contributed by atoms with Crippen LogP contribution in [0.2, 0.25) is 0 Å². The molecule has 2 atom stereocenters. The van der Waals surface area contributed by atoms with Gasteiger partial charge in [-0.3, -0.25) is 0 Å². The van der Waals surface area contributed by atoms with E-state index >= 15 is 0 Å². The highest BCUT2D eigenvalue weighted by Gasteiger charge is 2.45. The summed E-state index contributed by atoms with van der Waals surface area (Å²) < 4.78 is 29.1. The molecule has 12 heteroatoms. The van der Waals surface area contributed by atoms with E-state index < -0.39 is 41.5 Å². The van der Waals surface area contributed by atoms with Gasteiger partial charge >= 0.3 is 6.03 Å². The first-order chi connectivity index (χ1) is 23.2. The van der Waals surface area contributed by atoms with Gasteiger partial charge in [-0.2, -0.15) is 0 Å². The Bertz CT molecular complexity index is 1650. The molecule has 0 saturated carbocycles. The van der Waals surface area contributed by atoms with Crippen LogP contribution in [0.25, 0.3) is 0 Å². The van der Waals surface area contributed by atoms with Crippen molar-refractivity contribution in [3.05, 3.63) is 142 Å². The molecule has 10 nitrogen and oxygen atoms in total. The number of aryl methyl sites for hydroxylation is 2. The maximum Gasteiger partial charge on any atom is 0.321 e. The van der Waals surface area contributed by atoms with Gasteiger partial charge in [-0.05, 0) is 72.2 Å². The maximum atomic E-state index is 14.6. The fourth-order valence-corrected chi connectivity index (χ4v) is 6.25. The first-order valence-electron chi connectivity index (χ1n) is 15.6. The molecular formula is C36H38F2N6O4. The predicted molar refractivity (Wildman–Crippen MR) is 177 cm³/mol. The van der Waals surface area contributed by atoms with E-state index in [0.29, 0.717) is 36.8 Å². The van der Waals surface area contributed by atoms with E-state index in [2.05, 4.69) is 10.3 Å². The standard InChI is InChI=1S/C36H38F2N6O4/c37-29-15-11-25(19-27(29)34(39)41-47)21-43-31(17-13-23-7-3-1-4-8-23)33(45)32(18-14-24-9-5-2-6-10-24)44(36(43)46)22-26-12-16-30(38)28(20-26)35(40)42-48/h1-12,15-16,19-20,31-33,45,47-48H,13-14,17-18,21-22H2,(H2,39,41)(H2,40,42)/t31-,32-/m1/s1. The van der Waals surface area contributed by atoms with E-state index in [4.69, 9.17) is 11.5 Å². The Balaban J connectivity index is 1.54. The third kappa shape index (κ3) is 7.72. The van der Waals surface area contributed by atoms with Crippen molar-refractivity contribution in [2.24, 2.45) is 21.8 Å². The molecular weight excluding hydrogens is 618 g/mol. The van der Waals surface area contributed by atoms with Crippen molar-refractivity contribution in [1.29, 1.82) is 0 Å². The lowest BCUT2D eigenvalue weighted by molar-refractivity contribution is -0.0478. The van der Waals surface area contributed by atoms with Gasteiger partial charge in [-0.25, -0.2) is 13.6 Å². The molecule has 2 amide bonds. The Morgan fingerprint density at radius 1 is 0.646 bits per heavy atom. The molecule has 0 bridgehead atoms. The van der Waals surface area contributed by atoms with Crippen LogP contribution in [-0.2, 0) is 25.9 Å². The van der Waals surface area contributed by atoms with Gasteiger partial charge in [0.05, 0.1) is 29.3 Å². The highest BCUT2D eigenvalue weighted by Crippen LogP contribution is 2.32. The van der Waals surface area contributed by atoms with Crippen LogP contribution in [-0.4, -0.2) is 61.2 Å². The van der Waals surface area contributed by atoms with Crippen LogP contribution in [0.5, 0.6) is 0 Å². The first-order valence-corrected chi connectivity index (χ1v) is 15.6. The number of urea groups is 1. The molecule has 0 aliphatic carbocycles. The van der Waals surface area contributed by atoms with Crippen molar-refractivity contribution in [2.45, 2.75) is 57.0 Å². The Morgan fingerprint density at radius 2 is 1.04 bits per heavy atom. The summed E-state index contributed by atoms with van der Waals surface area (Å²) in [5.74, 6) is -2.22. The summed E-state index contributed by atoms with van der Waals surface area (Å²) in [4.78, 5) is 17.7. The monoisotopic (exact) mass is 656 g/mol. The highest BCUT2D eigenvalue weighted by molar-refractivity contribution is 5.98. The predicted octanol–water partition coefficient (Wildman–Crippen LogP) is 4.96. The highest BCUT2D eigenvalue weighted by atomic mass is 19.1. The number of aliphatic hydroxyl groups excluding tert-OH is 1. The number of nitrogens with zero attached hydrogens (tertiary/aromatic N) is 4. The van der Waals surface area contributed by atoms with E-state index in [1.54, 1.807) is 9.80 Å². The van der Waals surface area contributed by atoms with Gasteiger partial charge < -0.3 is 36.8 Å². The molecule has 7 N–H and O–H groups in total. The average Bonchev–Trinajstić information content (AvgIpc) is 3.11. The summed E-state index contributed by atoms with van der Waals surface area (Å²) >= 11 is 0. The number of halogens is 2. The van der Waals surface area contributed by atoms with Gasteiger partial charge in [-0.1, -0.05) is 83.1 Å². The van der Waals surface area contributed by atoms with Gasteiger partial charge in [0.15, 0.2) is 11.7 Å². The van der Waals surface area contributed by atoms with E-state index in [-0.39, 0.29) is 30.2 Å². The summed E-state index contributed by atoms with van der Waals surface area (Å²) in [6.07, 6.45) is 1.02. The third-order valence-electron chi connectivity index (χ3n) is 8.76. The number of nitrogens with two attached hydrogens (primary N) is 2. The first kappa shape index (κ1) is 33.9. The second-order valence-corrected chi connectivity index (χ2v) is 11.8. The molecule has 0 spiro atoms. The van der Waals surface area contributed by atoms with Gasteiger partial charge in [0, 0.05) is 13.1 Å². The quantitative estimate of drug-likeness (QED) is 0.0627. The summed E-state index contributed by atoms with van der Waals surface area (Å²) in [5, 5.41) is 36.4. The number of carbonyl (C=O) groups excluding carboxylic acids is 1. The number of aliphatic hydroxyl groups is 1. The zero-order valence-corrected chi connectivity index (χ0v) is 26.2. The Morgan fingerprint density at radius 3 is 1.42 bits per heavy atom.